The molecule has 0 radical (unpaired) electrons. The van der Waals surface area contributed by atoms with Gasteiger partial charge in [0.1, 0.15) is 0 Å². The van der Waals surface area contributed by atoms with Gasteiger partial charge >= 0.3 is 0 Å². The Kier molecular flexibility index (Phi) is 3.52. The monoisotopic (exact) mass is 183 g/mol. The molecule has 0 saturated heterocycles. The summed E-state index contributed by atoms with van der Waals surface area (Å²) in [4.78, 5) is 3.96. The van der Waals surface area contributed by atoms with Crippen molar-refractivity contribution in [1.82, 2.24) is 4.98 Å². The summed E-state index contributed by atoms with van der Waals surface area (Å²) in [6.07, 6.45) is 0.753. The van der Waals surface area contributed by atoms with E-state index < -0.39 is 6.29 Å². The molecule has 4 nitrogen and oxygen atoms in total. The standard InChI is InChI=1S/C9H13NO3/c1-3-12-9-8(13-7(2)11)5-4-6-10-9/h4-7,11H,3H2,1-2H3. The summed E-state index contributed by atoms with van der Waals surface area (Å²) < 4.78 is 10.3. The molecule has 72 valence electrons. The molecule has 1 atom stereocenters. The number of rotatable bonds is 4. The first-order valence-corrected chi connectivity index (χ1v) is 4.16. The minimum Gasteiger partial charge on any atom is -0.475 e. The maximum Gasteiger partial charge on any atom is 0.257 e. The molecule has 1 aromatic heterocycles. The van der Waals surface area contributed by atoms with Gasteiger partial charge < -0.3 is 14.6 Å². The number of aliphatic hydroxyl groups is 1. The lowest BCUT2D eigenvalue weighted by atomic mass is 10.4. The molecule has 1 heterocycles. The normalized spacial score (nSPS) is 12.2. The van der Waals surface area contributed by atoms with E-state index in [1.165, 1.54) is 6.92 Å². The van der Waals surface area contributed by atoms with Gasteiger partial charge in [0, 0.05) is 6.20 Å². The van der Waals surface area contributed by atoms with E-state index in [1.54, 1.807) is 18.3 Å². The van der Waals surface area contributed by atoms with Crippen LogP contribution in [-0.4, -0.2) is 23.0 Å². The third-order valence-corrected chi connectivity index (χ3v) is 1.31. The van der Waals surface area contributed by atoms with Crippen LogP contribution in [-0.2, 0) is 0 Å². The fourth-order valence-corrected chi connectivity index (χ4v) is 0.895. The van der Waals surface area contributed by atoms with E-state index in [9.17, 15) is 0 Å². The van der Waals surface area contributed by atoms with Crippen molar-refractivity contribution in [1.29, 1.82) is 0 Å². The second-order valence-electron chi connectivity index (χ2n) is 2.46. The summed E-state index contributed by atoms with van der Waals surface area (Å²) in [5.41, 5.74) is 0. The Morgan fingerprint density at radius 1 is 1.62 bits per heavy atom. The number of aromatic nitrogens is 1. The summed E-state index contributed by atoms with van der Waals surface area (Å²) >= 11 is 0. The van der Waals surface area contributed by atoms with Gasteiger partial charge in [-0.15, -0.1) is 0 Å². The van der Waals surface area contributed by atoms with Gasteiger partial charge in [0.2, 0.25) is 0 Å². The number of nitrogens with zero attached hydrogens (tertiary/aromatic N) is 1. The molecule has 0 aliphatic rings. The predicted molar refractivity (Wildman–Crippen MR) is 47.7 cm³/mol. The maximum atomic E-state index is 8.99. The van der Waals surface area contributed by atoms with Crippen molar-refractivity contribution in [3.63, 3.8) is 0 Å². The van der Waals surface area contributed by atoms with Crippen molar-refractivity contribution in [2.45, 2.75) is 20.1 Å². The molecular weight excluding hydrogens is 170 g/mol. The van der Waals surface area contributed by atoms with E-state index in [0.717, 1.165) is 0 Å². The second kappa shape index (κ2) is 4.67. The van der Waals surface area contributed by atoms with Crippen LogP contribution in [0.5, 0.6) is 11.6 Å². The van der Waals surface area contributed by atoms with Gasteiger partial charge in [-0.25, -0.2) is 4.98 Å². The summed E-state index contributed by atoms with van der Waals surface area (Å²) in [5.74, 6) is 0.866. The quantitative estimate of drug-likeness (QED) is 0.712. The Hall–Kier alpha value is -1.29. The topological polar surface area (TPSA) is 51.6 Å². The highest BCUT2D eigenvalue weighted by Crippen LogP contribution is 2.23. The summed E-state index contributed by atoms with van der Waals surface area (Å²) in [6.45, 7) is 3.91. The Balaban J connectivity index is 2.78. The van der Waals surface area contributed by atoms with Crippen LogP contribution in [0.3, 0.4) is 0 Å². The predicted octanol–water partition coefficient (Wildman–Crippen LogP) is 1.20. The van der Waals surface area contributed by atoms with Gasteiger partial charge in [0.05, 0.1) is 6.61 Å². The first-order valence-electron chi connectivity index (χ1n) is 4.16. The van der Waals surface area contributed by atoms with Crippen molar-refractivity contribution in [3.8, 4) is 11.6 Å². The number of pyridine rings is 1. The number of aliphatic hydroxyl groups excluding tert-OH is 1. The van der Waals surface area contributed by atoms with Gasteiger partial charge in [-0.1, -0.05) is 0 Å². The van der Waals surface area contributed by atoms with Crippen LogP contribution in [0.1, 0.15) is 13.8 Å². The molecule has 0 bridgehead atoms. The SMILES string of the molecule is CCOc1ncccc1OC(C)O. The third kappa shape index (κ3) is 2.91. The van der Waals surface area contributed by atoms with Crippen molar-refractivity contribution in [2.75, 3.05) is 6.61 Å². The van der Waals surface area contributed by atoms with E-state index >= 15 is 0 Å². The zero-order valence-corrected chi connectivity index (χ0v) is 7.73. The molecule has 1 N–H and O–H groups in total. The first-order chi connectivity index (χ1) is 6.24. The van der Waals surface area contributed by atoms with E-state index in [0.29, 0.717) is 18.2 Å². The van der Waals surface area contributed by atoms with Crippen molar-refractivity contribution < 1.29 is 14.6 Å². The van der Waals surface area contributed by atoms with Crippen LogP contribution < -0.4 is 9.47 Å². The Bertz CT molecular complexity index is 263. The summed E-state index contributed by atoms with van der Waals surface area (Å²) in [6, 6.07) is 3.42. The molecule has 0 saturated carbocycles. The number of hydrogen-bond acceptors (Lipinski definition) is 4. The van der Waals surface area contributed by atoms with Crippen LogP contribution in [0.25, 0.3) is 0 Å². The summed E-state index contributed by atoms with van der Waals surface area (Å²) in [5, 5.41) is 8.99. The number of hydrogen-bond donors (Lipinski definition) is 1. The van der Waals surface area contributed by atoms with E-state index in [1.807, 2.05) is 6.92 Å². The smallest absolute Gasteiger partial charge is 0.257 e. The molecule has 0 aromatic carbocycles. The molecule has 13 heavy (non-hydrogen) atoms. The lowest BCUT2D eigenvalue weighted by molar-refractivity contribution is -0.00289. The molecule has 4 heteroatoms. The van der Waals surface area contributed by atoms with E-state index in [2.05, 4.69) is 4.98 Å². The van der Waals surface area contributed by atoms with Gasteiger partial charge in [0.15, 0.2) is 12.0 Å². The lowest BCUT2D eigenvalue weighted by Gasteiger charge is -2.11. The first kappa shape index (κ1) is 9.80. The molecular formula is C9H13NO3. The highest BCUT2D eigenvalue weighted by atomic mass is 16.6. The molecule has 0 spiro atoms. The van der Waals surface area contributed by atoms with Crippen LogP contribution >= 0.6 is 0 Å². The molecule has 1 aromatic rings. The minimum absolute atomic E-state index is 0.408. The maximum absolute atomic E-state index is 8.99. The van der Waals surface area contributed by atoms with Gasteiger partial charge in [-0.2, -0.15) is 0 Å². The average Bonchev–Trinajstić information content (AvgIpc) is 2.08. The lowest BCUT2D eigenvalue weighted by Crippen LogP contribution is -2.11. The molecule has 1 unspecified atom stereocenters. The molecule has 1 rings (SSSR count). The van der Waals surface area contributed by atoms with Gasteiger partial charge in [-0.05, 0) is 26.0 Å². The largest absolute Gasteiger partial charge is 0.475 e. The molecule has 0 aliphatic carbocycles. The van der Waals surface area contributed by atoms with Gasteiger partial charge in [-0.3, -0.25) is 0 Å². The van der Waals surface area contributed by atoms with Crippen LogP contribution in [0, 0.1) is 0 Å². The highest BCUT2D eigenvalue weighted by molar-refractivity contribution is 5.32. The molecule has 0 amide bonds. The average molecular weight is 183 g/mol. The van der Waals surface area contributed by atoms with E-state index in [4.69, 9.17) is 14.6 Å². The zero-order valence-electron chi connectivity index (χ0n) is 7.73. The Labute approximate surface area is 77.1 Å². The third-order valence-electron chi connectivity index (χ3n) is 1.31. The molecule has 0 fully saturated rings. The Morgan fingerprint density at radius 2 is 2.38 bits per heavy atom. The van der Waals surface area contributed by atoms with Gasteiger partial charge in [0.25, 0.3) is 5.88 Å². The zero-order chi connectivity index (χ0) is 9.68. The highest BCUT2D eigenvalue weighted by Gasteiger charge is 2.06. The van der Waals surface area contributed by atoms with Crippen molar-refractivity contribution >= 4 is 0 Å². The second-order valence-corrected chi connectivity index (χ2v) is 2.46. The fraction of sp³-hybridized carbons (Fsp3) is 0.444. The summed E-state index contributed by atoms with van der Waals surface area (Å²) in [7, 11) is 0. The van der Waals surface area contributed by atoms with Crippen molar-refractivity contribution in [3.05, 3.63) is 18.3 Å². The Morgan fingerprint density at radius 3 is 3.00 bits per heavy atom. The van der Waals surface area contributed by atoms with E-state index in [-0.39, 0.29) is 0 Å². The molecule has 0 aliphatic heterocycles. The van der Waals surface area contributed by atoms with Crippen LogP contribution in [0.2, 0.25) is 0 Å². The number of ether oxygens (including phenoxy) is 2. The van der Waals surface area contributed by atoms with Crippen molar-refractivity contribution in [2.24, 2.45) is 0 Å². The van der Waals surface area contributed by atoms with Crippen LogP contribution in [0.15, 0.2) is 18.3 Å². The van der Waals surface area contributed by atoms with Crippen LogP contribution in [0.4, 0.5) is 0 Å². The minimum atomic E-state index is -0.858. The fourth-order valence-electron chi connectivity index (χ4n) is 0.895.